The highest BCUT2D eigenvalue weighted by Crippen LogP contribution is 2.13. The molecule has 2 rings (SSSR count). The van der Waals surface area contributed by atoms with Crippen molar-refractivity contribution in [1.29, 1.82) is 5.26 Å². The number of rotatable bonds is 11. The number of carbonyl (C=O) groups is 2. The van der Waals surface area contributed by atoms with Crippen molar-refractivity contribution in [3.05, 3.63) is 71.8 Å². The van der Waals surface area contributed by atoms with E-state index < -0.39 is 6.03 Å². The van der Waals surface area contributed by atoms with Crippen LogP contribution >= 0.6 is 0 Å². The summed E-state index contributed by atoms with van der Waals surface area (Å²) in [5, 5.41) is 15.5. The minimum atomic E-state index is -0.689. The third-order valence-electron chi connectivity index (χ3n) is 4.67. The molecule has 2 aromatic rings. The molecule has 174 valence electrons. The minimum absolute atomic E-state index is 0.169. The van der Waals surface area contributed by atoms with Crippen molar-refractivity contribution in [3.8, 4) is 6.07 Å². The summed E-state index contributed by atoms with van der Waals surface area (Å²) in [5.41, 5.74) is 4.68. The van der Waals surface area contributed by atoms with Crippen molar-refractivity contribution >= 4 is 18.2 Å². The molecule has 0 aliphatic carbocycles. The number of urea groups is 1. The Morgan fingerprint density at radius 3 is 2.06 bits per heavy atom. The lowest BCUT2D eigenvalue weighted by atomic mass is 10.1. The van der Waals surface area contributed by atoms with Crippen LogP contribution in [0.1, 0.15) is 17.5 Å². The van der Waals surface area contributed by atoms with Crippen LogP contribution in [-0.4, -0.2) is 61.8 Å². The molecule has 0 radical (unpaired) electrons. The number of imide groups is 1. The first-order valence-electron chi connectivity index (χ1n) is 10.9. The number of benzene rings is 2. The molecular formula is C25H33N6O2+. The highest BCUT2D eigenvalue weighted by atomic mass is 16.2. The molecule has 1 atom stereocenters. The number of likely N-dealkylation sites (N-methyl/N-ethyl adjacent to an activating group) is 1. The summed E-state index contributed by atoms with van der Waals surface area (Å²) in [6, 6.07) is 21.8. The predicted octanol–water partition coefficient (Wildman–Crippen LogP) is 2.74. The molecule has 0 aromatic heterocycles. The van der Waals surface area contributed by atoms with E-state index in [0.717, 1.165) is 13.1 Å². The summed E-state index contributed by atoms with van der Waals surface area (Å²) in [7, 11) is 5.58. The second-order valence-corrected chi connectivity index (χ2v) is 8.98. The molecule has 0 aliphatic rings. The smallest absolute Gasteiger partial charge is 0.323 e. The monoisotopic (exact) mass is 449 g/mol. The molecule has 3 amide bonds. The normalized spacial score (nSPS) is 12.3. The molecule has 33 heavy (non-hydrogen) atoms. The van der Waals surface area contributed by atoms with Gasteiger partial charge in [0, 0.05) is 38.2 Å². The Kier molecular flexibility index (Phi) is 10.2. The minimum Gasteiger partial charge on any atom is -0.323 e. The van der Waals surface area contributed by atoms with Gasteiger partial charge in [0.2, 0.25) is 0 Å². The molecule has 0 fully saturated rings. The lowest BCUT2D eigenvalue weighted by Crippen LogP contribution is -2.47. The van der Waals surface area contributed by atoms with Crippen LogP contribution in [0.25, 0.3) is 0 Å². The van der Waals surface area contributed by atoms with E-state index in [1.807, 2.05) is 57.5 Å². The summed E-state index contributed by atoms with van der Waals surface area (Å²) >= 11 is 0. The largest absolute Gasteiger partial charge is 0.341 e. The lowest BCUT2D eigenvalue weighted by Gasteiger charge is -2.25. The van der Waals surface area contributed by atoms with E-state index in [-0.39, 0.29) is 24.8 Å². The van der Waals surface area contributed by atoms with Gasteiger partial charge in [-0.05, 0) is 11.1 Å². The van der Waals surface area contributed by atoms with Gasteiger partial charge in [-0.1, -0.05) is 60.7 Å². The van der Waals surface area contributed by atoms with Crippen LogP contribution in [0.15, 0.2) is 65.8 Å². The second kappa shape index (κ2) is 13.1. The van der Waals surface area contributed by atoms with E-state index in [1.165, 1.54) is 11.1 Å². The molecule has 0 saturated heterocycles. The SMILES string of the molecule is C[N+](C)(C)CC(=O)NC(=O)N/N=C/C(CC#N)CN(Cc1ccccc1)Cc1ccccc1. The van der Waals surface area contributed by atoms with Crippen LogP contribution in [0.5, 0.6) is 0 Å². The maximum Gasteiger partial charge on any atom is 0.341 e. The molecule has 0 bridgehead atoms. The Bertz CT molecular complexity index is 907. The first-order chi connectivity index (χ1) is 15.7. The van der Waals surface area contributed by atoms with Gasteiger partial charge in [0.15, 0.2) is 6.54 Å². The zero-order valence-electron chi connectivity index (χ0n) is 19.6. The van der Waals surface area contributed by atoms with Crippen molar-refractivity contribution in [1.82, 2.24) is 15.6 Å². The Hall–Kier alpha value is -3.54. The van der Waals surface area contributed by atoms with E-state index in [1.54, 1.807) is 6.21 Å². The maximum absolute atomic E-state index is 11.9. The summed E-state index contributed by atoms with van der Waals surface area (Å²) in [4.78, 5) is 26.1. The van der Waals surface area contributed by atoms with E-state index in [4.69, 9.17) is 0 Å². The second-order valence-electron chi connectivity index (χ2n) is 8.98. The van der Waals surface area contributed by atoms with Gasteiger partial charge in [0.1, 0.15) is 0 Å². The van der Waals surface area contributed by atoms with Gasteiger partial charge in [-0.2, -0.15) is 10.4 Å². The molecule has 8 nitrogen and oxygen atoms in total. The van der Waals surface area contributed by atoms with Gasteiger partial charge in [0.25, 0.3) is 5.91 Å². The fourth-order valence-electron chi connectivity index (χ4n) is 3.31. The fraction of sp³-hybridized carbons (Fsp3) is 0.360. The Labute approximate surface area is 196 Å². The number of nitrogens with one attached hydrogen (secondary N) is 2. The number of amides is 3. The quantitative estimate of drug-likeness (QED) is 0.313. The number of hydrazone groups is 1. The summed E-state index contributed by atoms with van der Waals surface area (Å²) in [6.07, 6.45) is 1.82. The van der Waals surface area contributed by atoms with E-state index in [9.17, 15) is 14.9 Å². The molecule has 1 unspecified atom stereocenters. The molecule has 0 aliphatic heterocycles. The van der Waals surface area contributed by atoms with E-state index in [0.29, 0.717) is 11.0 Å². The van der Waals surface area contributed by atoms with Crippen LogP contribution in [-0.2, 0) is 17.9 Å². The maximum atomic E-state index is 11.9. The van der Waals surface area contributed by atoms with E-state index >= 15 is 0 Å². The molecule has 8 heteroatoms. The lowest BCUT2D eigenvalue weighted by molar-refractivity contribution is -0.862. The average molecular weight is 450 g/mol. The predicted molar refractivity (Wildman–Crippen MR) is 129 cm³/mol. The fourth-order valence-corrected chi connectivity index (χ4v) is 3.31. The molecule has 2 N–H and O–H groups in total. The van der Waals surface area contributed by atoms with Crippen molar-refractivity contribution < 1.29 is 14.1 Å². The van der Waals surface area contributed by atoms with Crippen LogP contribution < -0.4 is 10.7 Å². The van der Waals surface area contributed by atoms with Crippen LogP contribution in [0.4, 0.5) is 4.79 Å². The highest BCUT2D eigenvalue weighted by Gasteiger charge is 2.17. The first kappa shape index (κ1) is 25.7. The Balaban J connectivity index is 2.00. The zero-order chi connectivity index (χ0) is 24.1. The number of nitriles is 1. The number of carbonyl (C=O) groups excluding carboxylic acids is 2. The highest BCUT2D eigenvalue weighted by molar-refractivity contribution is 5.94. The van der Waals surface area contributed by atoms with Gasteiger partial charge >= 0.3 is 6.03 Å². The van der Waals surface area contributed by atoms with E-state index in [2.05, 4.69) is 51.1 Å². The molecular weight excluding hydrogens is 416 g/mol. The average Bonchev–Trinajstić information content (AvgIpc) is 2.74. The topological polar surface area (TPSA) is 97.6 Å². The number of hydrogen-bond donors (Lipinski definition) is 2. The Morgan fingerprint density at radius 2 is 1.58 bits per heavy atom. The standard InChI is InChI=1S/C25H32N6O2/c1-31(2,3)20-24(32)28-25(33)29-27-16-23(14-15-26)19-30(17-21-10-6-4-7-11-21)18-22-12-8-5-9-13-22/h4-13,16,23H,14,17-20H2,1-3H3,(H-,28,29,32,33)/p+1/b27-16+. The Morgan fingerprint density at radius 1 is 1.03 bits per heavy atom. The number of quaternary nitrogens is 1. The number of nitrogens with zero attached hydrogens (tertiary/aromatic N) is 4. The third-order valence-corrected chi connectivity index (χ3v) is 4.67. The van der Waals surface area contributed by atoms with Gasteiger partial charge in [-0.15, -0.1) is 0 Å². The van der Waals surface area contributed by atoms with Gasteiger partial charge in [-0.3, -0.25) is 15.0 Å². The van der Waals surface area contributed by atoms with Crippen molar-refractivity contribution in [2.45, 2.75) is 19.5 Å². The van der Waals surface area contributed by atoms with Crippen LogP contribution in [0, 0.1) is 17.2 Å². The molecule has 0 heterocycles. The van der Waals surface area contributed by atoms with Crippen molar-refractivity contribution in [3.63, 3.8) is 0 Å². The van der Waals surface area contributed by atoms with Gasteiger partial charge in [-0.25, -0.2) is 10.2 Å². The summed E-state index contributed by atoms with van der Waals surface area (Å²) in [6.45, 7) is 2.20. The molecule has 0 spiro atoms. The molecule has 0 saturated carbocycles. The van der Waals surface area contributed by atoms with Gasteiger partial charge in [0.05, 0.1) is 27.2 Å². The van der Waals surface area contributed by atoms with Gasteiger partial charge < -0.3 is 4.48 Å². The van der Waals surface area contributed by atoms with Crippen molar-refractivity contribution in [2.75, 3.05) is 34.2 Å². The van der Waals surface area contributed by atoms with Crippen molar-refractivity contribution in [2.24, 2.45) is 11.0 Å². The zero-order valence-corrected chi connectivity index (χ0v) is 19.6. The van der Waals surface area contributed by atoms with Crippen LogP contribution in [0.3, 0.4) is 0 Å². The first-order valence-corrected chi connectivity index (χ1v) is 10.9. The summed E-state index contributed by atoms with van der Waals surface area (Å²) < 4.78 is 0.408. The number of hydrogen-bond acceptors (Lipinski definition) is 5. The molecule has 2 aromatic carbocycles. The summed E-state index contributed by atoms with van der Waals surface area (Å²) in [5.74, 6) is -0.578. The van der Waals surface area contributed by atoms with Crippen LogP contribution in [0.2, 0.25) is 0 Å². The third kappa shape index (κ3) is 11.1.